The number of halogens is 1. The van der Waals surface area contributed by atoms with Crippen LogP contribution in [-0.2, 0) is 0 Å². The second kappa shape index (κ2) is 4.81. The number of amides is 1. The predicted octanol–water partition coefficient (Wildman–Crippen LogP) is 3.76. The third-order valence-electron chi connectivity index (χ3n) is 3.41. The van der Waals surface area contributed by atoms with E-state index in [2.05, 4.69) is 35.1 Å². The number of rotatable bonds is 2. The summed E-state index contributed by atoms with van der Waals surface area (Å²) in [4.78, 5) is 12.0. The molecule has 0 aromatic heterocycles. The lowest BCUT2D eigenvalue weighted by Crippen LogP contribution is -2.33. The van der Waals surface area contributed by atoms with Crippen molar-refractivity contribution in [1.82, 2.24) is 5.32 Å². The lowest BCUT2D eigenvalue weighted by Gasteiger charge is -2.17. The lowest BCUT2D eigenvalue weighted by atomic mass is 9.92. The number of benzene rings is 1. The van der Waals surface area contributed by atoms with Crippen LogP contribution in [0.4, 0.5) is 0 Å². The summed E-state index contributed by atoms with van der Waals surface area (Å²) in [5.74, 6) is 0.0419. The van der Waals surface area contributed by atoms with E-state index in [1.807, 2.05) is 24.3 Å². The van der Waals surface area contributed by atoms with Gasteiger partial charge in [0.1, 0.15) is 0 Å². The Morgan fingerprint density at radius 1 is 1.35 bits per heavy atom. The highest BCUT2D eigenvalue weighted by atomic mass is 79.9. The Labute approximate surface area is 111 Å². The highest BCUT2D eigenvalue weighted by molar-refractivity contribution is 9.10. The standard InChI is InChI=1S/C14H18BrNO/c1-14(2)8-7-12(9-14)16-13(17)10-3-5-11(15)6-4-10/h3-6,12H,7-9H2,1-2H3,(H,16,17). The minimum atomic E-state index is 0.0419. The molecule has 1 N–H and O–H groups in total. The van der Waals surface area contributed by atoms with Gasteiger partial charge in [0.2, 0.25) is 0 Å². The average molecular weight is 296 g/mol. The fourth-order valence-electron chi connectivity index (χ4n) is 2.43. The molecule has 1 saturated carbocycles. The first-order chi connectivity index (χ1) is 7.96. The molecule has 17 heavy (non-hydrogen) atoms. The van der Waals surface area contributed by atoms with Crippen molar-refractivity contribution in [2.24, 2.45) is 5.41 Å². The van der Waals surface area contributed by atoms with E-state index in [1.165, 1.54) is 6.42 Å². The van der Waals surface area contributed by atoms with E-state index in [1.54, 1.807) is 0 Å². The van der Waals surface area contributed by atoms with Crippen molar-refractivity contribution in [3.63, 3.8) is 0 Å². The normalized spacial score (nSPS) is 22.4. The third kappa shape index (κ3) is 3.32. The second-order valence-corrected chi connectivity index (χ2v) is 6.50. The molecule has 3 heteroatoms. The van der Waals surface area contributed by atoms with Gasteiger partial charge in [-0.25, -0.2) is 0 Å². The maximum atomic E-state index is 12.0. The van der Waals surface area contributed by atoms with Crippen molar-refractivity contribution < 1.29 is 4.79 Å². The highest BCUT2D eigenvalue weighted by Crippen LogP contribution is 2.36. The van der Waals surface area contributed by atoms with E-state index in [0.29, 0.717) is 11.5 Å². The minimum absolute atomic E-state index is 0.0419. The molecule has 0 aliphatic heterocycles. The molecule has 2 rings (SSSR count). The Balaban J connectivity index is 1.96. The number of carbonyl (C=O) groups is 1. The van der Waals surface area contributed by atoms with Gasteiger partial charge in [-0.05, 0) is 48.9 Å². The van der Waals surface area contributed by atoms with Crippen molar-refractivity contribution >= 4 is 21.8 Å². The van der Waals surface area contributed by atoms with Gasteiger partial charge < -0.3 is 5.32 Å². The van der Waals surface area contributed by atoms with Crippen molar-refractivity contribution in [3.05, 3.63) is 34.3 Å². The molecule has 1 aromatic rings. The molecule has 1 aromatic carbocycles. The van der Waals surface area contributed by atoms with Gasteiger partial charge in [0.15, 0.2) is 0 Å². The van der Waals surface area contributed by atoms with Crippen molar-refractivity contribution in [2.75, 3.05) is 0 Å². The van der Waals surface area contributed by atoms with Crippen LogP contribution in [0.15, 0.2) is 28.7 Å². The number of hydrogen-bond acceptors (Lipinski definition) is 1. The highest BCUT2D eigenvalue weighted by Gasteiger charge is 2.31. The first kappa shape index (κ1) is 12.6. The van der Waals surface area contributed by atoms with Crippen LogP contribution in [0.3, 0.4) is 0 Å². The van der Waals surface area contributed by atoms with Gasteiger partial charge >= 0.3 is 0 Å². The van der Waals surface area contributed by atoms with Crippen LogP contribution >= 0.6 is 15.9 Å². The fourth-order valence-corrected chi connectivity index (χ4v) is 2.69. The minimum Gasteiger partial charge on any atom is -0.349 e. The largest absolute Gasteiger partial charge is 0.349 e. The molecule has 1 aliphatic rings. The van der Waals surface area contributed by atoms with E-state index >= 15 is 0 Å². The molecule has 2 nitrogen and oxygen atoms in total. The topological polar surface area (TPSA) is 29.1 Å². The molecule has 0 bridgehead atoms. The Morgan fingerprint density at radius 3 is 2.53 bits per heavy atom. The molecule has 1 aliphatic carbocycles. The van der Waals surface area contributed by atoms with Crippen LogP contribution in [0.1, 0.15) is 43.5 Å². The molecule has 1 atom stereocenters. The molecular formula is C14H18BrNO. The lowest BCUT2D eigenvalue weighted by molar-refractivity contribution is 0.0936. The summed E-state index contributed by atoms with van der Waals surface area (Å²) >= 11 is 3.37. The molecule has 0 heterocycles. The second-order valence-electron chi connectivity index (χ2n) is 5.58. The van der Waals surface area contributed by atoms with Gasteiger partial charge in [0, 0.05) is 16.1 Å². The van der Waals surface area contributed by atoms with Crippen LogP contribution in [0.2, 0.25) is 0 Å². The van der Waals surface area contributed by atoms with Gasteiger partial charge in [0.25, 0.3) is 5.91 Å². The predicted molar refractivity (Wildman–Crippen MR) is 73.0 cm³/mol. The summed E-state index contributed by atoms with van der Waals surface area (Å²) in [6.07, 6.45) is 3.36. The molecule has 1 unspecified atom stereocenters. The number of nitrogens with one attached hydrogen (secondary N) is 1. The molecule has 0 radical (unpaired) electrons. The van der Waals surface area contributed by atoms with E-state index in [4.69, 9.17) is 0 Å². The Hall–Kier alpha value is -0.830. The number of carbonyl (C=O) groups excluding carboxylic acids is 1. The zero-order valence-corrected chi connectivity index (χ0v) is 11.9. The molecular weight excluding hydrogens is 278 g/mol. The van der Waals surface area contributed by atoms with Gasteiger partial charge in [-0.2, -0.15) is 0 Å². The summed E-state index contributed by atoms with van der Waals surface area (Å²) in [5.41, 5.74) is 1.11. The van der Waals surface area contributed by atoms with Crippen LogP contribution in [-0.4, -0.2) is 11.9 Å². The SMILES string of the molecule is CC1(C)CCC(NC(=O)c2ccc(Br)cc2)C1. The Bertz CT molecular complexity index is 411. The quantitative estimate of drug-likeness (QED) is 0.884. The Kier molecular flexibility index (Phi) is 3.57. The van der Waals surface area contributed by atoms with E-state index in [0.717, 1.165) is 22.9 Å². The monoisotopic (exact) mass is 295 g/mol. The summed E-state index contributed by atoms with van der Waals surface area (Å²) < 4.78 is 0.996. The summed E-state index contributed by atoms with van der Waals surface area (Å²) in [5, 5.41) is 3.12. The molecule has 92 valence electrons. The molecule has 1 amide bonds. The smallest absolute Gasteiger partial charge is 0.251 e. The Morgan fingerprint density at radius 2 is 2.00 bits per heavy atom. The van der Waals surface area contributed by atoms with Crippen LogP contribution in [0, 0.1) is 5.41 Å². The third-order valence-corrected chi connectivity index (χ3v) is 3.94. The average Bonchev–Trinajstić information content (AvgIpc) is 2.59. The maximum Gasteiger partial charge on any atom is 0.251 e. The first-order valence-electron chi connectivity index (χ1n) is 6.03. The van der Waals surface area contributed by atoms with Gasteiger partial charge in [-0.15, -0.1) is 0 Å². The molecule has 1 fully saturated rings. The summed E-state index contributed by atoms with van der Waals surface area (Å²) in [6, 6.07) is 7.82. The molecule has 0 saturated heterocycles. The van der Waals surface area contributed by atoms with Crippen molar-refractivity contribution in [3.8, 4) is 0 Å². The van der Waals surface area contributed by atoms with E-state index in [-0.39, 0.29) is 5.91 Å². The van der Waals surface area contributed by atoms with Crippen LogP contribution in [0.25, 0.3) is 0 Å². The van der Waals surface area contributed by atoms with Gasteiger partial charge in [-0.3, -0.25) is 4.79 Å². The van der Waals surface area contributed by atoms with Gasteiger partial charge in [0.05, 0.1) is 0 Å². The van der Waals surface area contributed by atoms with Crippen LogP contribution < -0.4 is 5.32 Å². The first-order valence-corrected chi connectivity index (χ1v) is 6.82. The summed E-state index contributed by atoms with van der Waals surface area (Å²) in [6.45, 7) is 4.53. The fraction of sp³-hybridized carbons (Fsp3) is 0.500. The van der Waals surface area contributed by atoms with E-state index in [9.17, 15) is 4.79 Å². The summed E-state index contributed by atoms with van der Waals surface area (Å²) in [7, 11) is 0. The zero-order chi connectivity index (χ0) is 12.5. The molecule has 0 spiro atoms. The van der Waals surface area contributed by atoms with Gasteiger partial charge in [-0.1, -0.05) is 29.8 Å². The van der Waals surface area contributed by atoms with Crippen molar-refractivity contribution in [2.45, 2.75) is 39.2 Å². The van der Waals surface area contributed by atoms with E-state index < -0.39 is 0 Å². The van der Waals surface area contributed by atoms with Crippen LogP contribution in [0.5, 0.6) is 0 Å². The number of hydrogen-bond donors (Lipinski definition) is 1. The maximum absolute atomic E-state index is 12.0. The van der Waals surface area contributed by atoms with Crippen molar-refractivity contribution in [1.29, 1.82) is 0 Å². The zero-order valence-electron chi connectivity index (χ0n) is 10.3.